The SMILES string of the molecule is CCCC(NC(=O)C(C#N)=Cc1ccon1)c1cccc(-c2csc(C=C(C#N)C(=O)NC(CC)c3ccccc3)n2)c1. The van der Waals surface area contributed by atoms with Gasteiger partial charge in [0.25, 0.3) is 11.8 Å². The largest absolute Gasteiger partial charge is 0.364 e. The Morgan fingerprint density at radius 3 is 2.28 bits per heavy atom. The first-order chi connectivity index (χ1) is 20.9. The highest BCUT2D eigenvalue weighted by atomic mass is 32.1. The van der Waals surface area contributed by atoms with Gasteiger partial charge in [-0.25, -0.2) is 4.98 Å². The molecule has 43 heavy (non-hydrogen) atoms. The number of rotatable bonds is 12. The van der Waals surface area contributed by atoms with E-state index < -0.39 is 11.8 Å². The van der Waals surface area contributed by atoms with Gasteiger partial charge >= 0.3 is 0 Å². The van der Waals surface area contributed by atoms with E-state index in [1.807, 2.05) is 86.0 Å². The number of thiazole rings is 1. The summed E-state index contributed by atoms with van der Waals surface area (Å²) < 4.78 is 4.78. The molecule has 4 aromatic rings. The molecular weight excluding hydrogens is 560 g/mol. The molecule has 0 saturated heterocycles. The Bertz CT molecular complexity index is 1690. The Morgan fingerprint density at radius 1 is 0.930 bits per heavy atom. The maximum atomic E-state index is 12.9. The van der Waals surface area contributed by atoms with E-state index in [4.69, 9.17) is 4.52 Å². The van der Waals surface area contributed by atoms with Crippen LogP contribution in [0.2, 0.25) is 0 Å². The second-order valence-electron chi connectivity index (χ2n) is 9.62. The highest BCUT2D eigenvalue weighted by molar-refractivity contribution is 7.10. The minimum Gasteiger partial charge on any atom is -0.364 e. The van der Waals surface area contributed by atoms with E-state index in [2.05, 4.69) is 20.8 Å². The van der Waals surface area contributed by atoms with Crippen LogP contribution in [0.4, 0.5) is 0 Å². The maximum absolute atomic E-state index is 12.9. The molecule has 0 fully saturated rings. The summed E-state index contributed by atoms with van der Waals surface area (Å²) in [6, 6.07) is 22.2. The predicted molar refractivity (Wildman–Crippen MR) is 165 cm³/mol. The van der Waals surface area contributed by atoms with E-state index in [1.165, 1.54) is 29.8 Å². The summed E-state index contributed by atoms with van der Waals surface area (Å²) in [6.07, 6.45) is 6.39. The molecule has 216 valence electrons. The minimum atomic E-state index is -0.504. The molecule has 2 unspecified atom stereocenters. The molecule has 4 rings (SSSR count). The van der Waals surface area contributed by atoms with Crippen LogP contribution in [-0.4, -0.2) is 22.0 Å². The number of benzene rings is 2. The van der Waals surface area contributed by atoms with Crippen LogP contribution in [-0.2, 0) is 9.59 Å². The van der Waals surface area contributed by atoms with E-state index in [-0.39, 0.29) is 23.2 Å². The molecular formula is C33H30N6O3S. The molecule has 2 amide bonds. The highest BCUT2D eigenvalue weighted by Gasteiger charge is 2.19. The van der Waals surface area contributed by atoms with Crippen LogP contribution in [0.25, 0.3) is 23.4 Å². The van der Waals surface area contributed by atoms with E-state index >= 15 is 0 Å². The molecule has 2 atom stereocenters. The van der Waals surface area contributed by atoms with Crippen molar-refractivity contribution in [2.24, 2.45) is 0 Å². The second-order valence-corrected chi connectivity index (χ2v) is 10.5. The fraction of sp³-hybridized carbons (Fsp3) is 0.212. The van der Waals surface area contributed by atoms with Crippen molar-refractivity contribution in [3.05, 3.63) is 105 Å². The average Bonchev–Trinajstić information content (AvgIpc) is 3.74. The van der Waals surface area contributed by atoms with Gasteiger partial charge in [-0.2, -0.15) is 10.5 Å². The van der Waals surface area contributed by atoms with Crippen molar-refractivity contribution in [3.8, 4) is 23.4 Å². The highest BCUT2D eigenvalue weighted by Crippen LogP contribution is 2.28. The molecule has 0 bridgehead atoms. The van der Waals surface area contributed by atoms with Crippen molar-refractivity contribution in [3.63, 3.8) is 0 Å². The normalized spacial score (nSPS) is 12.9. The Morgan fingerprint density at radius 2 is 1.63 bits per heavy atom. The number of aromatic nitrogens is 2. The minimum absolute atomic E-state index is 0.0262. The fourth-order valence-corrected chi connectivity index (χ4v) is 5.21. The summed E-state index contributed by atoms with van der Waals surface area (Å²) in [6.45, 7) is 3.99. The van der Waals surface area contributed by atoms with Crippen molar-refractivity contribution >= 4 is 35.3 Å². The molecule has 2 heterocycles. The van der Waals surface area contributed by atoms with Crippen molar-refractivity contribution < 1.29 is 14.1 Å². The number of nitriles is 2. The van der Waals surface area contributed by atoms with Gasteiger partial charge in [-0.3, -0.25) is 9.59 Å². The van der Waals surface area contributed by atoms with Gasteiger partial charge in [0, 0.05) is 17.0 Å². The van der Waals surface area contributed by atoms with Gasteiger partial charge in [0.05, 0.1) is 17.8 Å². The Hall–Kier alpha value is -5.32. The van der Waals surface area contributed by atoms with E-state index in [9.17, 15) is 20.1 Å². The van der Waals surface area contributed by atoms with Crippen molar-refractivity contribution in [2.45, 2.75) is 45.2 Å². The first-order valence-electron chi connectivity index (χ1n) is 13.8. The standard InChI is InChI=1S/C33H30N6O3S/c1-3-9-29(38-32(40)25(19-34)17-27-14-15-42-39-27)23-12-8-13-24(16-23)30-21-43-31(36-30)18-26(20-35)33(41)37-28(4-2)22-10-6-5-7-11-22/h5-8,10-18,21,28-29H,3-4,9H2,1-2H3,(H,37,41)(H,38,40). The zero-order valence-electron chi connectivity index (χ0n) is 23.8. The van der Waals surface area contributed by atoms with Crippen LogP contribution in [0.5, 0.6) is 0 Å². The van der Waals surface area contributed by atoms with Crippen LogP contribution in [0.3, 0.4) is 0 Å². The zero-order chi connectivity index (χ0) is 30.6. The van der Waals surface area contributed by atoms with E-state index in [0.29, 0.717) is 29.2 Å². The van der Waals surface area contributed by atoms with Gasteiger partial charge in [0.15, 0.2) is 0 Å². The molecule has 0 aliphatic rings. The number of carbonyl (C=O) groups excluding carboxylic acids is 2. The lowest BCUT2D eigenvalue weighted by Gasteiger charge is -2.19. The summed E-state index contributed by atoms with van der Waals surface area (Å²) in [5.74, 6) is -0.959. The third kappa shape index (κ3) is 8.13. The van der Waals surface area contributed by atoms with Crippen molar-refractivity contribution in [2.75, 3.05) is 0 Å². The molecule has 0 saturated carbocycles. The number of nitrogens with zero attached hydrogens (tertiary/aromatic N) is 4. The van der Waals surface area contributed by atoms with Crippen LogP contribution < -0.4 is 10.6 Å². The monoisotopic (exact) mass is 590 g/mol. The summed E-state index contributed by atoms with van der Waals surface area (Å²) >= 11 is 1.32. The number of carbonyl (C=O) groups is 2. The van der Waals surface area contributed by atoms with Crippen molar-refractivity contribution in [1.29, 1.82) is 10.5 Å². The van der Waals surface area contributed by atoms with Gasteiger partial charge in [0.1, 0.15) is 40.2 Å². The third-order valence-electron chi connectivity index (χ3n) is 6.65. The molecule has 0 aliphatic carbocycles. The number of hydrogen-bond acceptors (Lipinski definition) is 8. The molecule has 0 spiro atoms. The first kappa shape index (κ1) is 30.6. The fourth-order valence-electron chi connectivity index (χ4n) is 4.46. The molecule has 9 nitrogen and oxygen atoms in total. The predicted octanol–water partition coefficient (Wildman–Crippen LogP) is 6.54. The molecule has 2 N–H and O–H groups in total. The molecule has 0 radical (unpaired) electrons. The maximum Gasteiger partial charge on any atom is 0.262 e. The lowest BCUT2D eigenvalue weighted by molar-refractivity contribution is -0.118. The topological polar surface area (TPSA) is 145 Å². The lowest BCUT2D eigenvalue weighted by Crippen LogP contribution is -2.29. The molecule has 2 aromatic carbocycles. The number of nitrogens with one attached hydrogen (secondary N) is 2. The summed E-state index contributed by atoms with van der Waals surface area (Å²) in [4.78, 5) is 30.5. The number of amides is 2. The molecule has 0 aliphatic heterocycles. The van der Waals surface area contributed by atoms with Gasteiger partial charge in [-0.1, -0.05) is 74.0 Å². The van der Waals surface area contributed by atoms with Gasteiger partial charge in [0.2, 0.25) is 0 Å². The third-order valence-corrected chi connectivity index (χ3v) is 7.44. The second kappa shape index (κ2) is 15.1. The number of hydrogen-bond donors (Lipinski definition) is 2. The van der Waals surface area contributed by atoms with Crippen molar-refractivity contribution in [1.82, 2.24) is 20.8 Å². The van der Waals surface area contributed by atoms with E-state index in [1.54, 1.807) is 6.07 Å². The van der Waals surface area contributed by atoms with E-state index in [0.717, 1.165) is 23.1 Å². The van der Waals surface area contributed by atoms with Crippen LogP contribution >= 0.6 is 11.3 Å². The Balaban J connectivity index is 1.51. The lowest BCUT2D eigenvalue weighted by atomic mass is 9.99. The first-order valence-corrected chi connectivity index (χ1v) is 14.7. The summed E-state index contributed by atoms with van der Waals surface area (Å²) in [5, 5.41) is 31.3. The quantitative estimate of drug-likeness (QED) is 0.141. The smallest absolute Gasteiger partial charge is 0.262 e. The van der Waals surface area contributed by atoms with Crippen LogP contribution in [0, 0.1) is 22.7 Å². The van der Waals surface area contributed by atoms with Crippen LogP contribution in [0.1, 0.15) is 67.0 Å². The van der Waals surface area contributed by atoms with Gasteiger partial charge in [-0.15, -0.1) is 11.3 Å². The molecule has 2 aromatic heterocycles. The Kier molecular flexibility index (Phi) is 10.7. The van der Waals surface area contributed by atoms with Gasteiger partial charge in [-0.05, 0) is 42.2 Å². The van der Waals surface area contributed by atoms with Gasteiger partial charge < -0.3 is 15.2 Å². The summed E-state index contributed by atoms with van der Waals surface area (Å²) in [5.41, 5.74) is 3.61. The summed E-state index contributed by atoms with van der Waals surface area (Å²) in [7, 11) is 0. The molecule has 10 heteroatoms. The Labute approximate surface area is 254 Å². The zero-order valence-corrected chi connectivity index (χ0v) is 24.6. The van der Waals surface area contributed by atoms with Crippen LogP contribution in [0.15, 0.2) is 88.0 Å². The average molecular weight is 591 g/mol.